The summed E-state index contributed by atoms with van der Waals surface area (Å²) in [6.45, 7) is 4.18. The molecule has 0 radical (unpaired) electrons. The van der Waals surface area contributed by atoms with Crippen molar-refractivity contribution in [3.05, 3.63) is 48.0 Å². The lowest BCUT2D eigenvalue weighted by atomic mass is 10.1. The van der Waals surface area contributed by atoms with Gasteiger partial charge in [-0.25, -0.2) is 4.98 Å². The molecule has 3 rings (SSSR count). The van der Waals surface area contributed by atoms with Crippen LogP contribution in [0.3, 0.4) is 0 Å². The predicted molar refractivity (Wildman–Crippen MR) is 82.0 cm³/mol. The van der Waals surface area contributed by atoms with Gasteiger partial charge in [0.1, 0.15) is 0 Å². The molecular formula is C16H22N4. The Morgan fingerprint density at radius 2 is 2.30 bits per heavy atom. The summed E-state index contributed by atoms with van der Waals surface area (Å²) in [5.74, 6) is 0. The van der Waals surface area contributed by atoms with Crippen LogP contribution in [-0.4, -0.2) is 29.7 Å². The van der Waals surface area contributed by atoms with Crippen LogP contribution in [0.1, 0.15) is 17.5 Å². The van der Waals surface area contributed by atoms with E-state index in [-0.39, 0.29) is 0 Å². The van der Waals surface area contributed by atoms with Crippen molar-refractivity contribution in [3.63, 3.8) is 0 Å². The van der Waals surface area contributed by atoms with Gasteiger partial charge in [0, 0.05) is 44.8 Å². The molecule has 4 heteroatoms. The third-order valence-corrected chi connectivity index (χ3v) is 3.93. The average Bonchev–Trinajstić information content (AvgIpc) is 3.09. The lowest BCUT2D eigenvalue weighted by molar-refractivity contribution is 0.580. The van der Waals surface area contributed by atoms with Gasteiger partial charge in [0.15, 0.2) is 0 Å². The van der Waals surface area contributed by atoms with Crippen LogP contribution >= 0.6 is 0 Å². The van der Waals surface area contributed by atoms with E-state index in [1.165, 1.54) is 23.2 Å². The van der Waals surface area contributed by atoms with Crippen LogP contribution in [0, 0.1) is 0 Å². The molecule has 0 atom stereocenters. The molecule has 0 spiro atoms. The second-order valence-electron chi connectivity index (χ2n) is 5.47. The molecule has 20 heavy (non-hydrogen) atoms. The number of nitrogens with zero attached hydrogens (tertiary/aromatic N) is 3. The zero-order valence-corrected chi connectivity index (χ0v) is 12.0. The summed E-state index contributed by atoms with van der Waals surface area (Å²) in [5.41, 5.74) is 4.28. The van der Waals surface area contributed by atoms with E-state index in [2.05, 4.69) is 45.0 Å². The Hall–Kier alpha value is -1.81. The highest BCUT2D eigenvalue weighted by Crippen LogP contribution is 2.27. The van der Waals surface area contributed by atoms with E-state index >= 15 is 0 Å². The number of hydrogen-bond donors (Lipinski definition) is 1. The molecule has 1 aliphatic heterocycles. The highest BCUT2D eigenvalue weighted by Gasteiger charge is 2.15. The van der Waals surface area contributed by atoms with Gasteiger partial charge in [0.05, 0.1) is 6.33 Å². The van der Waals surface area contributed by atoms with Gasteiger partial charge in [-0.3, -0.25) is 0 Å². The van der Waals surface area contributed by atoms with Crippen LogP contribution in [0.25, 0.3) is 0 Å². The van der Waals surface area contributed by atoms with Gasteiger partial charge in [-0.05, 0) is 36.6 Å². The van der Waals surface area contributed by atoms with Gasteiger partial charge in [-0.15, -0.1) is 0 Å². The smallest absolute Gasteiger partial charge is 0.0945 e. The number of nitrogens with one attached hydrogen (secondary N) is 1. The van der Waals surface area contributed by atoms with Gasteiger partial charge >= 0.3 is 0 Å². The van der Waals surface area contributed by atoms with Crippen molar-refractivity contribution in [1.82, 2.24) is 14.9 Å². The number of rotatable bonds is 6. The van der Waals surface area contributed by atoms with Crippen molar-refractivity contribution in [2.24, 2.45) is 0 Å². The lowest BCUT2D eigenvalue weighted by Crippen LogP contribution is -2.16. The summed E-state index contributed by atoms with van der Waals surface area (Å²) in [6, 6.07) is 6.84. The topological polar surface area (TPSA) is 33.1 Å². The third-order valence-electron chi connectivity index (χ3n) is 3.93. The minimum Gasteiger partial charge on any atom is -0.374 e. The van der Waals surface area contributed by atoms with Crippen molar-refractivity contribution in [1.29, 1.82) is 0 Å². The standard InChI is InChI=1S/C16H22N4/c1-19-9-5-15-11-14(3-4-16(15)19)12-17-6-2-8-20-10-7-18-13-20/h3-4,7,10-11,13,17H,2,5-6,8-9,12H2,1H3. The summed E-state index contributed by atoms with van der Waals surface area (Å²) in [4.78, 5) is 6.38. The molecule has 0 amide bonds. The highest BCUT2D eigenvalue weighted by molar-refractivity contribution is 5.58. The van der Waals surface area contributed by atoms with Gasteiger partial charge in [0.25, 0.3) is 0 Å². The summed E-state index contributed by atoms with van der Waals surface area (Å²) < 4.78 is 2.12. The van der Waals surface area contributed by atoms with E-state index in [9.17, 15) is 0 Å². The van der Waals surface area contributed by atoms with E-state index in [0.717, 1.165) is 32.6 Å². The van der Waals surface area contributed by atoms with E-state index in [1.807, 2.05) is 18.7 Å². The van der Waals surface area contributed by atoms with Crippen LogP contribution in [0.5, 0.6) is 0 Å². The molecule has 0 unspecified atom stereocenters. The van der Waals surface area contributed by atoms with Crippen molar-refractivity contribution in [2.75, 3.05) is 25.0 Å². The van der Waals surface area contributed by atoms with E-state index in [1.54, 1.807) is 0 Å². The second kappa shape index (κ2) is 6.09. The second-order valence-corrected chi connectivity index (χ2v) is 5.47. The summed E-state index contributed by atoms with van der Waals surface area (Å²) >= 11 is 0. The van der Waals surface area contributed by atoms with Gasteiger partial charge in [0.2, 0.25) is 0 Å². The largest absolute Gasteiger partial charge is 0.374 e. The van der Waals surface area contributed by atoms with Crippen LogP contribution in [0.4, 0.5) is 5.69 Å². The number of imidazole rings is 1. The summed E-state index contributed by atoms with van der Waals surface area (Å²) in [5, 5.41) is 3.52. The van der Waals surface area contributed by atoms with E-state index < -0.39 is 0 Å². The molecule has 1 aliphatic rings. The Labute approximate surface area is 120 Å². The number of aromatic nitrogens is 2. The Morgan fingerprint density at radius 3 is 3.15 bits per heavy atom. The maximum atomic E-state index is 4.05. The third kappa shape index (κ3) is 3.02. The van der Waals surface area contributed by atoms with E-state index in [0.29, 0.717) is 0 Å². The van der Waals surface area contributed by atoms with Crippen molar-refractivity contribution in [3.8, 4) is 0 Å². The van der Waals surface area contributed by atoms with Gasteiger partial charge < -0.3 is 14.8 Å². The molecule has 0 fully saturated rings. The maximum absolute atomic E-state index is 4.05. The molecule has 2 heterocycles. The van der Waals surface area contributed by atoms with Crippen LogP contribution < -0.4 is 10.2 Å². The normalized spacial score (nSPS) is 13.8. The number of fused-ring (bicyclic) bond motifs is 1. The van der Waals surface area contributed by atoms with Crippen molar-refractivity contribution >= 4 is 5.69 Å². The van der Waals surface area contributed by atoms with Crippen molar-refractivity contribution in [2.45, 2.75) is 25.9 Å². The molecule has 0 saturated heterocycles. The number of likely N-dealkylation sites (N-methyl/N-ethyl adjacent to an activating group) is 1. The van der Waals surface area contributed by atoms with Gasteiger partial charge in [-0.1, -0.05) is 12.1 Å². The zero-order chi connectivity index (χ0) is 13.8. The summed E-state index contributed by atoms with van der Waals surface area (Å²) in [6.07, 6.45) is 8.02. The fraction of sp³-hybridized carbons (Fsp3) is 0.438. The summed E-state index contributed by atoms with van der Waals surface area (Å²) in [7, 11) is 2.17. The molecule has 0 saturated carbocycles. The Balaban J connectivity index is 1.43. The average molecular weight is 270 g/mol. The van der Waals surface area contributed by atoms with Crippen LogP contribution in [0.15, 0.2) is 36.9 Å². The maximum Gasteiger partial charge on any atom is 0.0945 e. The molecule has 0 bridgehead atoms. The molecule has 4 nitrogen and oxygen atoms in total. The first-order valence-corrected chi connectivity index (χ1v) is 7.32. The quantitative estimate of drug-likeness (QED) is 0.816. The fourth-order valence-corrected chi connectivity index (χ4v) is 2.77. The predicted octanol–water partition coefficient (Wildman–Crippen LogP) is 2.06. The fourth-order valence-electron chi connectivity index (χ4n) is 2.77. The van der Waals surface area contributed by atoms with Crippen molar-refractivity contribution < 1.29 is 0 Å². The lowest BCUT2D eigenvalue weighted by Gasteiger charge is -2.12. The minimum absolute atomic E-state index is 0.959. The number of anilines is 1. The molecule has 1 aromatic heterocycles. The first-order chi connectivity index (χ1) is 9.83. The Morgan fingerprint density at radius 1 is 1.35 bits per heavy atom. The minimum atomic E-state index is 0.959. The number of aryl methyl sites for hydroxylation is 1. The van der Waals surface area contributed by atoms with Gasteiger partial charge in [-0.2, -0.15) is 0 Å². The Kier molecular flexibility index (Phi) is 4.02. The molecule has 1 N–H and O–H groups in total. The Bertz CT molecular complexity index is 548. The highest BCUT2D eigenvalue weighted by atomic mass is 15.1. The van der Waals surface area contributed by atoms with Crippen LogP contribution in [-0.2, 0) is 19.5 Å². The molecule has 1 aromatic carbocycles. The molecule has 0 aliphatic carbocycles. The monoisotopic (exact) mass is 270 g/mol. The molecule has 2 aromatic rings. The number of hydrogen-bond acceptors (Lipinski definition) is 3. The molecular weight excluding hydrogens is 248 g/mol. The van der Waals surface area contributed by atoms with E-state index in [4.69, 9.17) is 0 Å². The van der Waals surface area contributed by atoms with Crippen LogP contribution in [0.2, 0.25) is 0 Å². The zero-order valence-electron chi connectivity index (χ0n) is 12.0. The SMILES string of the molecule is CN1CCc2cc(CNCCCn3ccnc3)ccc21. The first kappa shape index (κ1) is 13.2. The number of benzene rings is 1. The molecule has 106 valence electrons. The first-order valence-electron chi connectivity index (χ1n) is 7.32.